The van der Waals surface area contributed by atoms with E-state index < -0.39 is 0 Å². The summed E-state index contributed by atoms with van der Waals surface area (Å²) in [7, 11) is 2.07. The number of aryl methyl sites for hydroxylation is 2. The zero-order chi connectivity index (χ0) is 16.4. The number of hydrogen-bond donors (Lipinski definition) is 2. The van der Waals surface area contributed by atoms with E-state index in [4.69, 9.17) is 4.74 Å². The van der Waals surface area contributed by atoms with Crippen molar-refractivity contribution >= 4 is 5.82 Å². The molecule has 0 radical (unpaired) electrons. The van der Waals surface area contributed by atoms with Crippen LogP contribution in [0.25, 0.3) is 0 Å². The van der Waals surface area contributed by atoms with Crippen molar-refractivity contribution in [3.63, 3.8) is 0 Å². The van der Waals surface area contributed by atoms with Crippen LogP contribution in [0.1, 0.15) is 34.8 Å². The molecule has 2 aromatic rings. The zero-order valence-corrected chi connectivity index (χ0v) is 14.1. The molecule has 0 aliphatic carbocycles. The molecule has 23 heavy (non-hydrogen) atoms. The predicted molar refractivity (Wildman–Crippen MR) is 86.1 cm³/mol. The highest BCUT2D eigenvalue weighted by Gasteiger charge is 2.25. The van der Waals surface area contributed by atoms with Crippen molar-refractivity contribution in [2.24, 2.45) is 0 Å². The van der Waals surface area contributed by atoms with Gasteiger partial charge in [0.1, 0.15) is 17.5 Å². The number of likely N-dealkylation sites (N-methyl/N-ethyl adjacent to an activating group) is 1. The van der Waals surface area contributed by atoms with Gasteiger partial charge in [0.25, 0.3) is 0 Å². The minimum atomic E-state index is 0.110. The maximum atomic E-state index is 5.52. The average molecular weight is 317 g/mol. The summed E-state index contributed by atoms with van der Waals surface area (Å²) >= 11 is 0. The second-order valence-corrected chi connectivity index (χ2v) is 5.90. The third-order valence-electron chi connectivity index (χ3n) is 4.17. The summed E-state index contributed by atoms with van der Waals surface area (Å²) in [5.41, 5.74) is 2.04. The van der Waals surface area contributed by atoms with Gasteiger partial charge in [-0.15, -0.1) is 0 Å². The SMILES string of the molecule is Cc1nc(C)c(C)c(NCc2nc(C3COCCN3C)n[nH]2)n1. The van der Waals surface area contributed by atoms with E-state index >= 15 is 0 Å². The molecule has 0 bridgehead atoms. The number of aromatic amines is 1. The Morgan fingerprint density at radius 3 is 2.87 bits per heavy atom. The molecule has 1 aliphatic rings. The summed E-state index contributed by atoms with van der Waals surface area (Å²) in [5.74, 6) is 3.16. The zero-order valence-electron chi connectivity index (χ0n) is 14.1. The number of anilines is 1. The van der Waals surface area contributed by atoms with E-state index in [9.17, 15) is 0 Å². The minimum absolute atomic E-state index is 0.110. The third kappa shape index (κ3) is 3.48. The van der Waals surface area contributed by atoms with Crippen LogP contribution >= 0.6 is 0 Å². The first-order valence-corrected chi connectivity index (χ1v) is 7.79. The molecule has 3 heterocycles. The first kappa shape index (κ1) is 15.8. The molecule has 2 N–H and O–H groups in total. The van der Waals surface area contributed by atoms with Gasteiger partial charge in [-0.1, -0.05) is 0 Å². The highest BCUT2D eigenvalue weighted by Crippen LogP contribution is 2.19. The lowest BCUT2D eigenvalue weighted by Crippen LogP contribution is -2.37. The fraction of sp³-hybridized carbons (Fsp3) is 0.600. The molecule has 124 valence electrons. The van der Waals surface area contributed by atoms with Gasteiger partial charge >= 0.3 is 0 Å². The third-order valence-corrected chi connectivity index (χ3v) is 4.17. The Hall–Kier alpha value is -2.06. The number of H-pyrrole nitrogens is 1. The van der Waals surface area contributed by atoms with Crippen LogP contribution in [-0.4, -0.2) is 56.9 Å². The van der Waals surface area contributed by atoms with Crippen LogP contribution in [-0.2, 0) is 11.3 Å². The molecule has 1 unspecified atom stereocenters. The molecule has 0 aromatic carbocycles. The number of hydrogen-bond acceptors (Lipinski definition) is 7. The number of morpholine rings is 1. The molecule has 3 rings (SSSR count). The van der Waals surface area contributed by atoms with Crippen molar-refractivity contribution < 1.29 is 4.74 Å². The number of rotatable bonds is 4. The summed E-state index contributed by atoms with van der Waals surface area (Å²) in [6.07, 6.45) is 0. The number of aromatic nitrogens is 5. The van der Waals surface area contributed by atoms with Crippen LogP contribution < -0.4 is 5.32 Å². The van der Waals surface area contributed by atoms with Crippen LogP contribution in [0.2, 0.25) is 0 Å². The molecule has 0 saturated carbocycles. The molecule has 0 amide bonds. The van der Waals surface area contributed by atoms with Crippen molar-refractivity contribution in [1.82, 2.24) is 30.0 Å². The molecule has 2 aromatic heterocycles. The molecule has 8 heteroatoms. The lowest BCUT2D eigenvalue weighted by atomic mass is 10.2. The Balaban J connectivity index is 1.68. The van der Waals surface area contributed by atoms with Gasteiger partial charge in [-0.2, -0.15) is 5.10 Å². The van der Waals surface area contributed by atoms with Gasteiger partial charge < -0.3 is 10.1 Å². The Labute approximate surface area is 135 Å². The first-order chi connectivity index (χ1) is 11.0. The van der Waals surface area contributed by atoms with Gasteiger partial charge in [0.05, 0.1) is 25.8 Å². The highest BCUT2D eigenvalue weighted by molar-refractivity contribution is 5.45. The van der Waals surface area contributed by atoms with Gasteiger partial charge in [0.2, 0.25) is 0 Å². The van der Waals surface area contributed by atoms with Crippen LogP contribution in [0.15, 0.2) is 0 Å². The fourth-order valence-corrected chi connectivity index (χ4v) is 2.60. The van der Waals surface area contributed by atoms with Gasteiger partial charge in [-0.05, 0) is 27.8 Å². The van der Waals surface area contributed by atoms with E-state index in [-0.39, 0.29) is 6.04 Å². The largest absolute Gasteiger partial charge is 0.378 e. The lowest BCUT2D eigenvalue weighted by molar-refractivity contribution is 0.00194. The maximum Gasteiger partial charge on any atom is 0.170 e. The van der Waals surface area contributed by atoms with E-state index in [2.05, 4.69) is 42.4 Å². The molecule has 0 spiro atoms. The Morgan fingerprint density at radius 1 is 1.26 bits per heavy atom. The first-order valence-electron chi connectivity index (χ1n) is 7.79. The van der Waals surface area contributed by atoms with E-state index in [0.29, 0.717) is 13.2 Å². The molecule has 1 saturated heterocycles. The summed E-state index contributed by atoms with van der Waals surface area (Å²) in [6.45, 7) is 8.72. The molecule has 1 atom stereocenters. The van der Waals surface area contributed by atoms with Crippen LogP contribution in [0.4, 0.5) is 5.82 Å². The topological polar surface area (TPSA) is 91.9 Å². The Morgan fingerprint density at radius 2 is 2.09 bits per heavy atom. The van der Waals surface area contributed by atoms with Crippen LogP contribution in [0.5, 0.6) is 0 Å². The van der Waals surface area contributed by atoms with Crippen molar-refractivity contribution in [2.45, 2.75) is 33.4 Å². The predicted octanol–water partition coefficient (Wildman–Crippen LogP) is 1.14. The van der Waals surface area contributed by atoms with E-state index in [1.54, 1.807) is 0 Å². The van der Waals surface area contributed by atoms with Gasteiger partial charge in [0, 0.05) is 17.8 Å². The Kier molecular flexibility index (Phi) is 4.53. The van der Waals surface area contributed by atoms with E-state index in [0.717, 1.165) is 47.7 Å². The standard InChI is InChI=1S/C15H23N7O/c1-9-10(2)17-11(3)18-14(9)16-7-13-19-15(21-20-13)12-8-23-6-5-22(12)4/h12H,5-8H2,1-4H3,(H,16,17,18)(H,19,20,21). The smallest absolute Gasteiger partial charge is 0.170 e. The molecule has 1 fully saturated rings. The van der Waals surface area contributed by atoms with Crippen molar-refractivity contribution in [1.29, 1.82) is 0 Å². The Bertz CT molecular complexity index is 684. The number of nitrogens with zero attached hydrogens (tertiary/aromatic N) is 5. The van der Waals surface area contributed by atoms with Crippen LogP contribution in [0, 0.1) is 20.8 Å². The minimum Gasteiger partial charge on any atom is -0.378 e. The van der Waals surface area contributed by atoms with Crippen LogP contribution in [0.3, 0.4) is 0 Å². The molecular weight excluding hydrogens is 294 g/mol. The summed E-state index contributed by atoms with van der Waals surface area (Å²) in [5, 5.41) is 10.6. The van der Waals surface area contributed by atoms with Gasteiger partial charge in [-0.25, -0.2) is 15.0 Å². The monoisotopic (exact) mass is 317 g/mol. The summed E-state index contributed by atoms with van der Waals surface area (Å²) < 4.78 is 5.52. The molecular formula is C15H23N7O. The second kappa shape index (κ2) is 6.59. The van der Waals surface area contributed by atoms with Crippen molar-refractivity contribution in [3.05, 3.63) is 28.7 Å². The highest BCUT2D eigenvalue weighted by atomic mass is 16.5. The van der Waals surface area contributed by atoms with Gasteiger partial charge in [-0.3, -0.25) is 10.00 Å². The number of nitrogens with one attached hydrogen (secondary N) is 2. The van der Waals surface area contributed by atoms with Crippen molar-refractivity contribution in [3.8, 4) is 0 Å². The lowest BCUT2D eigenvalue weighted by Gasteiger charge is -2.30. The molecule has 1 aliphatic heterocycles. The number of ether oxygens (including phenoxy) is 1. The van der Waals surface area contributed by atoms with Crippen molar-refractivity contribution in [2.75, 3.05) is 32.1 Å². The fourth-order valence-electron chi connectivity index (χ4n) is 2.60. The molecule has 8 nitrogen and oxygen atoms in total. The second-order valence-electron chi connectivity index (χ2n) is 5.90. The van der Waals surface area contributed by atoms with E-state index in [1.807, 2.05) is 20.8 Å². The van der Waals surface area contributed by atoms with E-state index in [1.165, 1.54) is 0 Å². The average Bonchev–Trinajstić information content (AvgIpc) is 2.98. The quantitative estimate of drug-likeness (QED) is 0.873. The normalized spacial score (nSPS) is 19.0. The van der Waals surface area contributed by atoms with Gasteiger partial charge in [0.15, 0.2) is 5.82 Å². The summed E-state index contributed by atoms with van der Waals surface area (Å²) in [6, 6.07) is 0.110. The summed E-state index contributed by atoms with van der Waals surface area (Å²) in [4.78, 5) is 15.6. The maximum absolute atomic E-state index is 5.52.